The van der Waals surface area contributed by atoms with Crippen molar-refractivity contribution in [1.82, 2.24) is 4.98 Å². The van der Waals surface area contributed by atoms with E-state index in [9.17, 15) is 13.2 Å². The lowest BCUT2D eigenvalue weighted by atomic mass is 10.3. The average Bonchev–Trinajstić information content (AvgIpc) is 2.37. The summed E-state index contributed by atoms with van der Waals surface area (Å²) in [6.45, 7) is 0.502. The monoisotopic (exact) mass is 336 g/mol. The maximum absolute atomic E-state index is 11.8. The van der Waals surface area contributed by atoms with Gasteiger partial charge in [-0.05, 0) is 6.07 Å². The highest BCUT2D eigenvalue weighted by molar-refractivity contribution is 8.01. The number of nitrogens with zero attached hydrogens (tertiary/aromatic N) is 2. The zero-order chi connectivity index (χ0) is 14.9. The summed E-state index contributed by atoms with van der Waals surface area (Å²) in [5, 5.41) is 8.33. The van der Waals surface area contributed by atoms with Crippen LogP contribution in [0.3, 0.4) is 0 Å². The number of carboxylic acid groups (broad SMARTS) is 1. The standard InChI is InChI=1S/C11H13ClN2O4S2/c1-20(17,18)9-6-19-3-2-14(9)10-8(12)4-7(5-13-10)11(15)16/h4-5,9H,2-3,6H2,1H3,(H,15,16). The van der Waals surface area contributed by atoms with Crippen LogP contribution in [0.5, 0.6) is 0 Å². The molecule has 1 aliphatic heterocycles. The predicted octanol–water partition coefficient (Wildman–Crippen LogP) is 1.36. The second kappa shape index (κ2) is 5.79. The van der Waals surface area contributed by atoms with E-state index >= 15 is 0 Å². The summed E-state index contributed by atoms with van der Waals surface area (Å²) >= 11 is 7.61. The van der Waals surface area contributed by atoms with Crippen LogP contribution in [0.15, 0.2) is 12.3 Å². The number of carboxylic acids is 1. The van der Waals surface area contributed by atoms with Crippen LogP contribution in [0.1, 0.15) is 10.4 Å². The van der Waals surface area contributed by atoms with Crippen LogP contribution in [0.25, 0.3) is 0 Å². The Balaban J connectivity index is 2.40. The summed E-state index contributed by atoms with van der Waals surface area (Å²) in [5.74, 6) is 0.398. The molecule has 0 spiro atoms. The Bertz CT molecular complexity index is 635. The molecule has 0 saturated carbocycles. The zero-order valence-electron chi connectivity index (χ0n) is 10.6. The fourth-order valence-electron chi connectivity index (χ4n) is 1.94. The Labute approximate surface area is 126 Å². The Morgan fingerprint density at radius 2 is 2.30 bits per heavy atom. The van der Waals surface area contributed by atoms with Gasteiger partial charge >= 0.3 is 5.97 Å². The van der Waals surface area contributed by atoms with Gasteiger partial charge in [-0.2, -0.15) is 11.8 Å². The van der Waals surface area contributed by atoms with Crippen molar-refractivity contribution in [3.05, 3.63) is 22.8 Å². The summed E-state index contributed by atoms with van der Waals surface area (Å²) in [4.78, 5) is 16.5. The van der Waals surface area contributed by atoms with E-state index in [1.165, 1.54) is 18.5 Å². The topological polar surface area (TPSA) is 87.6 Å². The quantitative estimate of drug-likeness (QED) is 0.891. The Hall–Kier alpha value is -0.990. The molecule has 0 aliphatic carbocycles. The third kappa shape index (κ3) is 3.18. The van der Waals surface area contributed by atoms with Gasteiger partial charge in [0.1, 0.15) is 11.2 Å². The molecule has 1 aromatic heterocycles. The van der Waals surface area contributed by atoms with Gasteiger partial charge in [0.2, 0.25) is 0 Å². The SMILES string of the molecule is CS(=O)(=O)C1CSCCN1c1ncc(C(=O)O)cc1Cl. The molecular weight excluding hydrogens is 324 g/mol. The van der Waals surface area contributed by atoms with Gasteiger partial charge in [-0.1, -0.05) is 11.6 Å². The van der Waals surface area contributed by atoms with E-state index in [2.05, 4.69) is 4.98 Å². The lowest BCUT2D eigenvalue weighted by Crippen LogP contribution is -2.47. The first-order valence-corrected chi connectivity index (χ1v) is 9.21. The normalized spacial score (nSPS) is 19.9. The number of thioether (sulfide) groups is 1. The summed E-state index contributed by atoms with van der Waals surface area (Å²) in [7, 11) is -3.28. The summed E-state index contributed by atoms with van der Waals surface area (Å²) < 4.78 is 23.7. The van der Waals surface area contributed by atoms with Crippen LogP contribution < -0.4 is 4.90 Å². The van der Waals surface area contributed by atoms with Gasteiger partial charge in [0.05, 0.1) is 10.6 Å². The fraction of sp³-hybridized carbons (Fsp3) is 0.455. The molecule has 2 rings (SSSR count). The highest BCUT2D eigenvalue weighted by atomic mass is 35.5. The molecular formula is C11H13ClN2O4S2. The van der Waals surface area contributed by atoms with Crippen LogP contribution in [-0.2, 0) is 9.84 Å². The third-order valence-electron chi connectivity index (χ3n) is 2.92. The van der Waals surface area contributed by atoms with Crippen molar-refractivity contribution in [3.63, 3.8) is 0 Å². The summed E-state index contributed by atoms with van der Waals surface area (Å²) in [6, 6.07) is 1.29. The number of carbonyl (C=O) groups is 1. The molecule has 0 bridgehead atoms. The van der Waals surface area contributed by atoms with Gasteiger partial charge in [-0.25, -0.2) is 18.2 Å². The second-order valence-electron chi connectivity index (χ2n) is 4.39. The van der Waals surface area contributed by atoms with Gasteiger partial charge in [0.25, 0.3) is 0 Å². The molecule has 0 aromatic carbocycles. The van der Waals surface area contributed by atoms with Crippen molar-refractivity contribution in [2.24, 2.45) is 0 Å². The molecule has 1 aromatic rings. The number of aromatic nitrogens is 1. The van der Waals surface area contributed by atoms with Gasteiger partial charge in [0, 0.05) is 30.5 Å². The largest absolute Gasteiger partial charge is 0.478 e. The molecule has 2 heterocycles. The minimum absolute atomic E-state index is 0.0268. The van der Waals surface area contributed by atoms with E-state index in [1.807, 2.05) is 0 Å². The van der Waals surface area contributed by atoms with Crippen molar-refractivity contribution < 1.29 is 18.3 Å². The first-order valence-electron chi connectivity index (χ1n) is 5.73. The molecule has 20 heavy (non-hydrogen) atoms. The average molecular weight is 337 g/mol. The van der Waals surface area contributed by atoms with Crippen LogP contribution >= 0.6 is 23.4 Å². The minimum atomic E-state index is -3.28. The highest BCUT2D eigenvalue weighted by Gasteiger charge is 2.33. The van der Waals surface area contributed by atoms with E-state index in [1.54, 1.807) is 16.7 Å². The lowest BCUT2D eigenvalue weighted by Gasteiger charge is -2.35. The molecule has 1 saturated heterocycles. The van der Waals surface area contributed by atoms with Crippen molar-refractivity contribution in [1.29, 1.82) is 0 Å². The van der Waals surface area contributed by atoms with Crippen molar-refractivity contribution in [2.75, 3.05) is 29.2 Å². The molecule has 1 unspecified atom stereocenters. The number of hydrogen-bond donors (Lipinski definition) is 1. The number of anilines is 1. The third-order valence-corrected chi connectivity index (χ3v) is 5.84. The first-order chi connectivity index (χ1) is 9.30. The van der Waals surface area contributed by atoms with Gasteiger partial charge in [0.15, 0.2) is 9.84 Å². The van der Waals surface area contributed by atoms with E-state index < -0.39 is 21.2 Å². The molecule has 9 heteroatoms. The van der Waals surface area contributed by atoms with Crippen LogP contribution in [-0.4, -0.2) is 54.2 Å². The Morgan fingerprint density at radius 1 is 1.60 bits per heavy atom. The fourth-order valence-corrected chi connectivity index (χ4v) is 5.03. The number of aromatic carboxylic acids is 1. The maximum Gasteiger partial charge on any atom is 0.337 e. The number of halogens is 1. The first kappa shape index (κ1) is 15.4. The maximum atomic E-state index is 11.8. The predicted molar refractivity (Wildman–Crippen MR) is 79.5 cm³/mol. The van der Waals surface area contributed by atoms with Gasteiger partial charge in [-0.3, -0.25) is 0 Å². The van der Waals surface area contributed by atoms with Gasteiger partial charge in [-0.15, -0.1) is 0 Å². The highest BCUT2D eigenvalue weighted by Crippen LogP contribution is 2.30. The van der Waals surface area contributed by atoms with E-state index in [0.29, 0.717) is 18.1 Å². The minimum Gasteiger partial charge on any atom is -0.478 e. The molecule has 1 fully saturated rings. The smallest absolute Gasteiger partial charge is 0.337 e. The molecule has 1 N–H and O–H groups in total. The molecule has 0 radical (unpaired) electrons. The summed E-state index contributed by atoms with van der Waals surface area (Å²) in [6.07, 6.45) is 2.36. The zero-order valence-corrected chi connectivity index (χ0v) is 13.0. The molecule has 0 amide bonds. The molecule has 1 aliphatic rings. The van der Waals surface area contributed by atoms with Crippen LogP contribution in [0, 0.1) is 0 Å². The molecule has 1 atom stereocenters. The van der Waals surface area contributed by atoms with E-state index in [4.69, 9.17) is 16.7 Å². The van der Waals surface area contributed by atoms with Crippen LogP contribution in [0.2, 0.25) is 5.02 Å². The van der Waals surface area contributed by atoms with Crippen LogP contribution in [0.4, 0.5) is 5.82 Å². The molecule has 110 valence electrons. The number of sulfone groups is 1. The van der Waals surface area contributed by atoms with E-state index in [0.717, 1.165) is 5.75 Å². The second-order valence-corrected chi connectivity index (χ2v) is 8.15. The Morgan fingerprint density at radius 3 is 2.85 bits per heavy atom. The van der Waals surface area contributed by atoms with Crippen molar-refractivity contribution >= 4 is 45.0 Å². The number of rotatable bonds is 3. The van der Waals surface area contributed by atoms with Crippen molar-refractivity contribution in [2.45, 2.75) is 5.37 Å². The van der Waals surface area contributed by atoms with Gasteiger partial charge < -0.3 is 10.0 Å². The lowest BCUT2D eigenvalue weighted by molar-refractivity contribution is 0.0696. The number of hydrogen-bond acceptors (Lipinski definition) is 6. The Kier molecular flexibility index (Phi) is 4.46. The van der Waals surface area contributed by atoms with Crippen molar-refractivity contribution in [3.8, 4) is 0 Å². The van der Waals surface area contributed by atoms with E-state index in [-0.39, 0.29) is 10.6 Å². The summed E-state index contributed by atoms with van der Waals surface area (Å²) in [5.41, 5.74) is -0.0268. The molecule has 6 nitrogen and oxygen atoms in total. The number of pyridine rings is 1.